The lowest BCUT2D eigenvalue weighted by Crippen LogP contribution is -2.45. The second kappa shape index (κ2) is 9.52. The third-order valence-electron chi connectivity index (χ3n) is 6.09. The first kappa shape index (κ1) is 27.5. The van der Waals surface area contributed by atoms with Gasteiger partial charge in [-0.25, -0.2) is 8.42 Å². The van der Waals surface area contributed by atoms with Crippen LogP contribution in [0.15, 0.2) is 56.2 Å². The summed E-state index contributed by atoms with van der Waals surface area (Å²) in [7, 11) is -3.93. The second-order valence-electron chi connectivity index (χ2n) is 10.3. The zero-order valence-electron chi connectivity index (χ0n) is 21.4. The Hall–Kier alpha value is -4.11. The van der Waals surface area contributed by atoms with Gasteiger partial charge in [-0.15, -0.1) is 20.4 Å². The van der Waals surface area contributed by atoms with E-state index in [-0.39, 0.29) is 34.5 Å². The van der Waals surface area contributed by atoms with Gasteiger partial charge in [0.2, 0.25) is 23.6 Å². The van der Waals surface area contributed by atoms with E-state index < -0.39 is 45.0 Å². The van der Waals surface area contributed by atoms with Gasteiger partial charge in [-0.05, 0) is 35.9 Å². The molecular weight excluding hydrogens is 553 g/mol. The number of aromatic nitrogens is 4. The molecule has 0 aliphatic carbocycles. The summed E-state index contributed by atoms with van der Waals surface area (Å²) in [5, 5.41) is 14.6. The summed E-state index contributed by atoms with van der Waals surface area (Å²) in [5.74, 6) is -2.49. The number of anilines is 1. The number of nitrogens with two attached hydrogens (primary N) is 1. The highest BCUT2D eigenvalue weighted by Gasteiger charge is 2.39. The average Bonchev–Trinajstić information content (AvgIpc) is 3.56. The highest BCUT2D eigenvalue weighted by Crippen LogP contribution is 2.36. The second-order valence-corrected chi connectivity index (χ2v) is 12.3. The van der Waals surface area contributed by atoms with Crippen LogP contribution < -0.4 is 10.6 Å². The number of carbonyl (C=O) groups is 1. The van der Waals surface area contributed by atoms with Gasteiger partial charge in [-0.3, -0.25) is 4.79 Å². The van der Waals surface area contributed by atoms with E-state index in [4.69, 9.17) is 14.6 Å². The van der Waals surface area contributed by atoms with E-state index >= 15 is 0 Å². The van der Waals surface area contributed by atoms with E-state index in [1.165, 1.54) is 35.2 Å². The summed E-state index contributed by atoms with van der Waals surface area (Å²) in [5.41, 5.74) is 6.80. The van der Waals surface area contributed by atoms with Crippen molar-refractivity contribution < 1.29 is 35.2 Å². The molecule has 2 aromatic heterocycles. The normalized spacial score (nSPS) is 17.5. The minimum atomic E-state index is -4.78. The zero-order valence-corrected chi connectivity index (χ0v) is 22.2. The molecule has 0 bridgehead atoms. The lowest BCUT2D eigenvalue weighted by atomic mass is 9.97. The van der Waals surface area contributed by atoms with Gasteiger partial charge >= 0.3 is 12.1 Å². The summed E-state index contributed by atoms with van der Waals surface area (Å²) in [4.78, 5) is 14.5. The Balaban J connectivity index is 1.51. The third-order valence-corrected chi connectivity index (χ3v) is 7.90. The molecule has 0 radical (unpaired) electrons. The Morgan fingerprint density at radius 3 is 2.08 bits per heavy atom. The molecule has 2 aromatic carbocycles. The number of fused-ring (bicyclic) bond motifs is 1. The van der Waals surface area contributed by atoms with Crippen LogP contribution in [0.4, 0.5) is 18.9 Å². The van der Waals surface area contributed by atoms with E-state index in [9.17, 15) is 26.4 Å². The van der Waals surface area contributed by atoms with Crippen molar-refractivity contribution >= 4 is 21.4 Å². The number of sulfone groups is 1. The molecule has 0 saturated heterocycles. The van der Waals surface area contributed by atoms with E-state index in [2.05, 4.69) is 20.4 Å². The van der Waals surface area contributed by atoms with Gasteiger partial charge in [0.25, 0.3) is 0 Å². The molecule has 210 valence electrons. The van der Waals surface area contributed by atoms with Gasteiger partial charge in [0.05, 0.1) is 28.9 Å². The predicted octanol–water partition coefficient (Wildman–Crippen LogP) is 3.75. The minimum Gasteiger partial charge on any atom is -0.420 e. The highest BCUT2D eigenvalue weighted by atomic mass is 32.2. The summed E-state index contributed by atoms with van der Waals surface area (Å²) in [6.07, 6.45) is -4.78. The molecule has 2 N–H and O–H groups in total. The molecular formula is C25H23F3N6O5S. The average molecular weight is 577 g/mol. The predicted molar refractivity (Wildman–Crippen MR) is 134 cm³/mol. The van der Waals surface area contributed by atoms with Crippen LogP contribution in [-0.2, 0) is 32.8 Å². The molecule has 4 aromatic rings. The third kappa shape index (κ3) is 5.21. The number of alkyl halides is 3. The standard InChI is InChI=1S/C25H23F3N6O5S/c1-24(2,3)22-32-31-20(38-22)15-8-9-18-17(10-15)34(21(35)16(29)12-40(18,36)37)11-13-4-6-14(7-5-13)19-30-33-23(39-19)25(26,27)28/h4-10,16H,11-12,29H2,1-3H3/t16-/m0/s1. The lowest BCUT2D eigenvalue weighted by Gasteiger charge is -2.24. The zero-order chi connectivity index (χ0) is 29.0. The van der Waals surface area contributed by atoms with Crippen LogP contribution in [-0.4, -0.2) is 46.5 Å². The van der Waals surface area contributed by atoms with Crippen LogP contribution in [0.2, 0.25) is 0 Å². The lowest BCUT2D eigenvalue weighted by molar-refractivity contribution is -0.157. The van der Waals surface area contributed by atoms with Crippen molar-refractivity contribution in [1.82, 2.24) is 20.4 Å². The summed E-state index contributed by atoms with van der Waals surface area (Å²) < 4.78 is 75.1. The van der Waals surface area contributed by atoms with Gasteiger partial charge in [0.15, 0.2) is 9.84 Å². The Bertz CT molecular complexity index is 1690. The van der Waals surface area contributed by atoms with Gasteiger partial charge in [0.1, 0.15) is 0 Å². The Morgan fingerprint density at radius 2 is 1.50 bits per heavy atom. The van der Waals surface area contributed by atoms with Crippen LogP contribution in [0, 0.1) is 0 Å². The molecule has 15 heteroatoms. The van der Waals surface area contributed by atoms with Gasteiger partial charge < -0.3 is 19.5 Å². The maximum absolute atomic E-state index is 13.3. The minimum absolute atomic E-state index is 0.0850. The largest absolute Gasteiger partial charge is 0.470 e. The Labute approximate surface area is 226 Å². The number of benzene rings is 2. The van der Waals surface area contributed by atoms with E-state index in [0.717, 1.165) is 0 Å². The van der Waals surface area contributed by atoms with Gasteiger partial charge in [-0.1, -0.05) is 32.9 Å². The Morgan fingerprint density at radius 1 is 0.925 bits per heavy atom. The molecule has 11 nitrogen and oxygen atoms in total. The number of hydrogen-bond donors (Lipinski definition) is 1. The first-order valence-electron chi connectivity index (χ1n) is 11.9. The number of carbonyl (C=O) groups excluding carboxylic acids is 1. The van der Waals surface area contributed by atoms with E-state index in [0.29, 0.717) is 17.0 Å². The summed E-state index contributed by atoms with van der Waals surface area (Å²) in [6, 6.07) is 9.03. The van der Waals surface area contributed by atoms with Crippen molar-refractivity contribution in [2.75, 3.05) is 10.7 Å². The molecule has 0 fully saturated rings. The molecule has 1 atom stereocenters. The molecule has 1 aliphatic heterocycles. The highest BCUT2D eigenvalue weighted by molar-refractivity contribution is 7.91. The maximum atomic E-state index is 13.3. The first-order chi connectivity index (χ1) is 18.6. The quantitative estimate of drug-likeness (QED) is 0.379. The van der Waals surface area contributed by atoms with Crippen LogP contribution in [0.3, 0.4) is 0 Å². The van der Waals surface area contributed by atoms with Crippen LogP contribution in [0.5, 0.6) is 0 Å². The maximum Gasteiger partial charge on any atom is 0.470 e. The van der Waals surface area contributed by atoms with Crippen molar-refractivity contribution in [1.29, 1.82) is 0 Å². The van der Waals surface area contributed by atoms with Crippen molar-refractivity contribution in [3.63, 3.8) is 0 Å². The van der Waals surface area contributed by atoms with E-state index in [1.54, 1.807) is 12.1 Å². The van der Waals surface area contributed by atoms with Crippen molar-refractivity contribution in [3.8, 4) is 22.9 Å². The molecule has 0 spiro atoms. The van der Waals surface area contributed by atoms with Crippen LogP contribution in [0.1, 0.15) is 38.1 Å². The Kier molecular flexibility index (Phi) is 6.53. The van der Waals surface area contributed by atoms with Crippen molar-refractivity contribution in [2.24, 2.45) is 5.73 Å². The van der Waals surface area contributed by atoms with Crippen LogP contribution in [0.25, 0.3) is 22.9 Å². The molecule has 40 heavy (non-hydrogen) atoms. The summed E-state index contributed by atoms with van der Waals surface area (Å²) >= 11 is 0. The van der Waals surface area contributed by atoms with Gasteiger partial charge in [-0.2, -0.15) is 13.2 Å². The SMILES string of the molecule is CC(C)(C)c1nnc(-c2ccc3c(c2)N(Cc2ccc(-c4nnc(C(F)(F)F)o4)cc2)C(=O)[C@@H](N)CS3(=O)=O)o1. The number of halogens is 3. The van der Waals surface area contributed by atoms with E-state index in [1.807, 2.05) is 20.8 Å². The number of amides is 1. The fourth-order valence-electron chi connectivity index (χ4n) is 4.04. The molecule has 0 saturated carbocycles. The van der Waals surface area contributed by atoms with Gasteiger partial charge in [0, 0.05) is 16.5 Å². The monoisotopic (exact) mass is 576 g/mol. The summed E-state index contributed by atoms with van der Waals surface area (Å²) in [6.45, 7) is 5.60. The molecule has 3 heterocycles. The smallest absolute Gasteiger partial charge is 0.420 e. The molecule has 5 rings (SSSR count). The fourth-order valence-corrected chi connectivity index (χ4v) is 5.59. The number of hydrogen-bond acceptors (Lipinski definition) is 10. The number of nitrogens with zero attached hydrogens (tertiary/aromatic N) is 5. The fraction of sp³-hybridized carbons (Fsp3) is 0.320. The van der Waals surface area contributed by atoms with Crippen LogP contribution >= 0.6 is 0 Å². The topological polar surface area (TPSA) is 158 Å². The molecule has 1 amide bonds. The molecule has 0 unspecified atom stereocenters. The number of rotatable bonds is 4. The molecule has 1 aliphatic rings. The van der Waals surface area contributed by atoms with Crippen molar-refractivity contribution in [3.05, 3.63) is 59.8 Å². The van der Waals surface area contributed by atoms with Crippen molar-refractivity contribution in [2.45, 2.75) is 49.8 Å². The first-order valence-corrected chi connectivity index (χ1v) is 13.6.